The van der Waals surface area contributed by atoms with Crippen molar-refractivity contribution in [2.75, 3.05) is 13.1 Å². The van der Waals surface area contributed by atoms with E-state index in [1.54, 1.807) is 12.4 Å². The Morgan fingerprint density at radius 3 is 3.00 bits per heavy atom. The van der Waals surface area contributed by atoms with E-state index in [-0.39, 0.29) is 0 Å². The van der Waals surface area contributed by atoms with Gasteiger partial charge in [0.1, 0.15) is 6.61 Å². The van der Waals surface area contributed by atoms with Crippen molar-refractivity contribution in [2.45, 2.75) is 25.6 Å². The lowest BCUT2D eigenvalue weighted by Crippen LogP contribution is -2.35. The zero-order valence-electron chi connectivity index (χ0n) is 8.15. The van der Waals surface area contributed by atoms with Gasteiger partial charge >= 0.3 is 0 Å². The Morgan fingerprint density at radius 2 is 2.29 bits per heavy atom. The van der Waals surface area contributed by atoms with Crippen LogP contribution < -0.4 is 5.32 Å². The van der Waals surface area contributed by atoms with Crippen LogP contribution in [0, 0.1) is 0 Å². The van der Waals surface area contributed by atoms with Crippen LogP contribution in [0.4, 0.5) is 0 Å². The lowest BCUT2D eigenvalue weighted by molar-refractivity contribution is 0.0218. The van der Waals surface area contributed by atoms with Gasteiger partial charge in [0, 0.05) is 18.9 Å². The molecule has 1 atom stereocenters. The molecule has 1 aromatic rings. The summed E-state index contributed by atoms with van der Waals surface area (Å²) in [6.07, 6.45) is 6.14. The van der Waals surface area contributed by atoms with Crippen molar-refractivity contribution in [3.63, 3.8) is 0 Å². The molecule has 0 aromatic carbocycles. The lowest BCUT2D eigenvalue weighted by atomic mass is 10.1. The fourth-order valence-electron chi connectivity index (χ4n) is 1.56. The highest BCUT2D eigenvalue weighted by atomic mass is 16.5. The Balaban J connectivity index is 1.76. The van der Waals surface area contributed by atoms with Crippen molar-refractivity contribution in [3.8, 4) is 0 Å². The van der Waals surface area contributed by atoms with Crippen molar-refractivity contribution in [2.24, 2.45) is 0 Å². The molecule has 0 unspecified atom stereocenters. The first kappa shape index (κ1) is 9.55. The Bertz CT molecular complexity index is 259. The second-order valence-corrected chi connectivity index (χ2v) is 3.44. The van der Waals surface area contributed by atoms with Gasteiger partial charge < -0.3 is 10.1 Å². The second kappa shape index (κ2) is 5.02. The maximum atomic E-state index is 5.68. The molecular weight excluding hydrogens is 178 g/mol. The summed E-state index contributed by atoms with van der Waals surface area (Å²) in [7, 11) is 0. The topological polar surface area (TPSA) is 47.0 Å². The van der Waals surface area contributed by atoms with E-state index < -0.39 is 0 Å². The molecule has 0 aliphatic carbocycles. The van der Waals surface area contributed by atoms with Crippen molar-refractivity contribution >= 4 is 0 Å². The number of hydrogen-bond donors (Lipinski definition) is 1. The minimum absolute atomic E-state index is 0.326. The number of aromatic nitrogens is 2. The van der Waals surface area contributed by atoms with Gasteiger partial charge in [0.05, 0.1) is 6.10 Å². The molecule has 1 aliphatic rings. The van der Waals surface area contributed by atoms with E-state index in [9.17, 15) is 0 Å². The zero-order valence-corrected chi connectivity index (χ0v) is 8.15. The maximum Gasteiger partial charge on any atom is 0.153 e. The molecule has 0 saturated carbocycles. The number of hydrogen-bond acceptors (Lipinski definition) is 4. The molecule has 2 heterocycles. The molecule has 1 aliphatic heterocycles. The molecule has 0 bridgehead atoms. The fraction of sp³-hybridized carbons (Fsp3) is 0.600. The molecule has 1 N–H and O–H groups in total. The smallest absolute Gasteiger partial charge is 0.153 e. The third-order valence-corrected chi connectivity index (χ3v) is 2.32. The van der Waals surface area contributed by atoms with Crippen molar-refractivity contribution < 1.29 is 4.74 Å². The van der Waals surface area contributed by atoms with Gasteiger partial charge in [-0.05, 0) is 25.5 Å². The Kier molecular flexibility index (Phi) is 3.43. The van der Waals surface area contributed by atoms with Crippen molar-refractivity contribution in [1.29, 1.82) is 0 Å². The van der Waals surface area contributed by atoms with Gasteiger partial charge in [-0.3, -0.25) is 0 Å². The lowest BCUT2D eigenvalue weighted by Gasteiger charge is -2.22. The highest BCUT2D eigenvalue weighted by molar-refractivity contribution is 4.86. The predicted octanol–water partition coefficient (Wildman–Crippen LogP) is 0.745. The third-order valence-electron chi connectivity index (χ3n) is 2.32. The average Bonchev–Trinajstić information content (AvgIpc) is 2.29. The molecule has 1 fully saturated rings. The molecule has 4 nitrogen and oxygen atoms in total. The highest BCUT2D eigenvalue weighted by Gasteiger charge is 2.13. The fourth-order valence-corrected chi connectivity index (χ4v) is 1.56. The van der Waals surface area contributed by atoms with Gasteiger partial charge in [-0.2, -0.15) is 0 Å². The highest BCUT2D eigenvalue weighted by Crippen LogP contribution is 2.07. The first-order valence-corrected chi connectivity index (χ1v) is 5.03. The largest absolute Gasteiger partial charge is 0.369 e. The normalized spacial score (nSPS) is 22.1. The number of nitrogens with one attached hydrogen (secondary N) is 1. The second-order valence-electron chi connectivity index (χ2n) is 3.44. The van der Waals surface area contributed by atoms with Crippen molar-refractivity contribution in [1.82, 2.24) is 15.3 Å². The number of rotatable bonds is 3. The van der Waals surface area contributed by atoms with Crippen LogP contribution in [0.1, 0.15) is 18.7 Å². The monoisotopic (exact) mass is 193 g/mol. The van der Waals surface area contributed by atoms with Crippen molar-refractivity contribution in [3.05, 3.63) is 24.3 Å². The minimum Gasteiger partial charge on any atom is -0.369 e. The summed E-state index contributed by atoms with van der Waals surface area (Å²) in [5, 5.41) is 3.31. The van der Waals surface area contributed by atoms with Crippen LogP contribution in [-0.4, -0.2) is 29.2 Å². The standard InChI is InChI=1S/C10H15N3O/c1-3-9(7-11-4-1)14-8-10-12-5-2-6-13-10/h2,5-6,9,11H,1,3-4,7-8H2/t9-/m0/s1. The van der Waals surface area contributed by atoms with E-state index in [1.807, 2.05) is 6.07 Å². The number of piperidine rings is 1. The molecule has 76 valence electrons. The van der Waals surface area contributed by atoms with E-state index in [4.69, 9.17) is 4.74 Å². The van der Waals surface area contributed by atoms with Crippen LogP contribution in [0.5, 0.6) is 0 Å². The Labute approximate surface area is 83.7 Å². The van der Waals surface area contributed by atoms with Crippen LogP contribution in [0.2, 0.25) is 0 Å². The molecule has 14 heavy (non-hydrogen) atoms. The van der Waals surface area contributed by atoms with Crippen LogP contribution in [0.3, 0.4) is 0 Å². The van der Waals surface area contributed by atoms with E-state index in [2.05, 4.69) is 15.3 Å². The Hall–Kier alpha value is -1.00. The molecule has 4 heteroatoms. The summed E-state index contributed by atoms with van der Waals surface area (Å²) >= 11 is 0. The summed E-state index contributed by atoms with van der Waals surface area (Å²) in [5.74, 6) is 0.762. The third kappa shape index (κ3) is 2.75. The summed E-state index contributed by atoms with van der Waals surface area (Å²) < 4.78 is 5.68. The van der Waals surface area contributed by atoms with E-state index in [1.165, 1.54) is 6.42 Å². The van der Waals surface area contributed by atoms with Crippen LogP contribution in [0.25, 0.3) is 0 Å². The van der Waals surface area contributed by atoms with Crippen LogP contribution in [0.15, 0.2) is 18.5 Å². The molecule has 2 rings (SSSR count). The summed E-state index contributed by atoms with van der Waals surface area (Å²) in [5.41, 5.74) is 0. The molecule has 0 spiro atoms. The minimum atomic E-state index is 0.326. The zero-order chi connectivity index (χ0) is 9.64. The summed E-state index contributed by atoms with van der Waals surface area (Å²) in [4.78, 5) is 8.21. The summed E-state index contributed by atoms with van der Waals surface area (Å²) in [6.45, 7) is 2.59. The van der Waals surface area contributed by atoms with Gasteiger partial charge in [0.15, 0.2) is 5.82 Å². The molecule has 0 amide bonds. The van der Waals surface area contributed by atoms with Gasteiger partial charge in [-0.25, -0.2) is 9.97 Å². The SMILES string of the molecule is c1cnc(CO[C@H]2CCCNC2)nc1. The van der Waals surface area contributed by atoms with E-state index in [0.29, 0.717) is 12.7 Å². The summed E-state index contributed by atoms with van der Waals surface area (Å²) in [6, 6.07) is 1.81. The molecule has 0 radical (unpaired) electrons. The van der Waals surface area contributed by atoms with E-state index in [0.717, 1.165) is 25.3 Å². The van der Waals surface area contributed by atoms with Gasteiger partial charge in [0.25, 0.3) is 0 Å². The Morgan fingerprint density at radius 1 is 1.43 bits per heavy atom. The molecule has 1 saturated heterocycles. The number of ether oxygens (including phenoxy) is 1. The molecular formula is C10H15N3O. The van der Waals surface area contributed by atoms with Gasteiger partial charge in [0.2, 0.25) is 0 Å². The number of nitrogens with zero attached hydrogens (tertiary/aromatic N) is 2. The quantitative estimate of drug-likeness (QED) is 0.769. The van der Waals surface area contributed by atoms with Crippen LogP contribution >= 0.6 is 0 Å². The predicted molar refractivity (Wildman–Crippen MR) is 52.7 cm³/mol. The van der Waals surface area contributed by atoms with Gasteiger partial charge in [-0.15, -0.1) is 0 Å². The maximum absolute atomic E-state index is 5.68. The molecule has 1 aromatic heterocycles. The average molecular weight is 193 g/mol. The van der Waals surface area contributed by atoms with Crippen LogP contribution in [-0.2, 0) is 11.3 Å². The van der Waals surface area contributed by atoms with E-state index >= 15 is 0 Å². The first-order chi connectivity index (χ1) is 6.95. The first-order valence-electron chi connectivity index (χ1n) is 5.03. The van der Waals surface area contributed by atoms with Gasteiger partial charge in [-0.1, -0.05) is 0 Å².